The van der Waals surface area contributed by atoms with Crippen LogP contribution in [0.3, 0.4) is 0 Å². The summed E-state index contributed by atoms with van der Waals surface area (Å²) in [4.78, 5) is 0. The molecule has 0 atom stereocenters. The first-order chi connectivity index (χ1) is 10.3. The zero-order valence-electron chi connectivity index (χ0n) is 14.1. The van der Waals surface area contributed by atoms with Crippen molar-refractivity contribution in [1.29, 1.82) is 0 Å². The van der Waals surface area contributed by atoms with Gasteiger partial charge < -0.3 is 0 Å². The second kappa shape index (κ2) is 16.5. The first-order valence-electron chi connectivity index (χ1n) is 8.32. The van der Waals surface area contributed by atoms with Gasteiger partial charge in [-0.25, -0.2) is 0 Å². The number of hydrogen-bond acceptors (Lipinski definition) is 0. The van der Waals surface area contributed by atoms with Gasteiger partial charge in [0.2, 0.25) is 0 Å². The summed E-state index contributed by atoms with van der Waals surface area (Å²) in [5.74, 6) is 0. The van der Waals surface area contributed by atoms with Crippen molar-refractivity contribution in [3.63, 3.8) is 0 Å². The Morgan fingerprint density at radius 1 is 0.524 bits per heavy atom. The van der Waals surface area contributed by atoms with Crippen molar-refractivity contribution >= 4 is 0 Å². The van der Waals surface area contributed by atoms with Crippen LogP contribution in [0.4, 0.5) is 0 Å². The molecule has 2 rings (SSSR count). The van der Waals surface area contributed by atoms with Crippen molar-refractivity contribution in [3.05, 3.63) is 72.3 Å². The van der Waals surface area contributed by atoms with Crippen LogP contribution in [0.5, 0.6) is 0 Å². The maximum atomic E-state index is 2.26. The van der Waals surface area contributed by atoms with Gasteiger partial charge >= 0.3 is 0 Å². The minimum absolute atomic E-state index is 1.32. The Hall–Kier alpha value is -1.56. The Morgan fingerprint density at radius 3 is 1.10 bits per heavy atom. The number of aryl methyl sites for hydroxylation is 1. The standard InChI is InChI=1S/C8H18.C7H8.C6H6/c1-3-5-7-8-6-4-2;1-7-5-3-2-4-6-7;1-2-4-6-5-3-1/h3-8H2,1-2H3;2-6H,1H3;1-6H. The van der Waals surface area contributed by atoms with Crippen LogP contribution < -0.4 is 0 Å². The summed E-state index contributed by atoms with van der Waals surface area (Å²) >= 11 is 0. The molecule has 0 bridgehead atoms. The molecular formula is C21H32. The maximum absolute atomic E-state index is 2.26. The molecule has 0 fully saturated rings. The lowest BCUT2D eigenvalue weighted by molar-refractivity contribution is 0.624. The molecule has 0 N–H and O–H groups in total. The van der Waals surface area contributed by atoms with Crippen molar-refractivity contribution in [2.24, 2.45) is 0 Å². The molecule has 0 unspecified atom stereocenters. The molecular weight excluding hydrogens is 252 g/mol. The van der Waals surface area contributed by atoms with Crippen LogP contribution in [0.1, 0.15) is 57.9 Å². The fourth-order valence-electron chi connectivity index (χ4n) is 1.77. The number of hydrogen-bond donors (Lipinski definition) is 0. The summed E-state index contributed by atoms with van der Waals surface area (Å²) in [5.41, 5.74) is 1.32. The van der Waals surface area contributed by atoms with Crippen molar-refractivity contribution in [2.45, 2.75) is 59.3 Å². The van der Waals surface area contributed by atoms with E-state index in [4.69, 9.17) is 0 Å². The molecule has 2 aromatic carbocycles. The van der Waals surface area contributed by atoms with E-state index in [0.29, 0.717) is 0 Å². The summed E-state index contributed by atoms with van der Waals surface area (Å²) in [7, 11) is 0. The van der Waals surface area contributed by atoms with E-state index in [0.717, 1.165) is 0 Å². The van der Waals surface area contributed by atoms with Crippen molar-refractivity contribution in [3.8, 4) is 0 Å². The predicted molar refractivity (Wildman–Crippen MR) is 96.7 cm³/mol. The normalized spacial score (nSPS) is 8.90. The van der Waals surface area contributed by atoms with Crippen LogP contribution in [-0.4, -0.2) is 0 Å². The van der Waals surface area contributed by atoms with Crippen molar-refractivity contribution in [2.75, 3.05) is 0 Å². The molecule has 0 heterocycles. The third kappa shape index (κ3) is 16.4. The van der Waals surface area contributed by atoms with Gasteiger partial charge in [0.25, 0.3) is 0 Å². The first-order valence-corrected chi connectivity index (χ1v) is 8.32. The topological polar surface area (TPSA) is 0 Å². The van der Waals surface area contributed by atoms with E-state index in [1.165, 1.54) is 44.1 Å². The summed E-state index contributed by atoms with van der Waals surface area (Å²) in [5, 5.41) is 0. The van der Waals surface area contributed by atoms with E-state index < -0.39 is 0 Å². The zero-order chi connectivity index (χ0) is 15.6. The Morgan fingerprint density at radius 2 is 0.857 bits per heavy atom. The first kappa shape index (κ1) is 19.4. The van der Waals surface area contributed by atoms with Gasteiger partial charge in [0.05, 0.1) is 0 Å². The Bertz CT molecular complexity index is 345. The van der Waals surface area contributed by atoms with Gasteiger partial charge in [-0.3, -0.25) is 0 Å². The molecule has 0 saturated carbocycles. The predicted octanol–water partition coefficient (Wildman–Crippen LogP) is 7.05. The minimum atomic E-state index is 1.32. The van der Waals surface area contributed by atoms with Crippen molar-refractivity contribution < 1.29 is 0 Å². The smallest absolute Gasteiger partial charge is 0.0398 e. The van der Waals surface area contributed by atoms with Gasteiger partial charge in [-0.15, -0.1) is 0 Å². The summed E-state index contributed by atoms with van der Waals surface area (Å²) < 4.78 is 0. The van der Waals surface area contributed by atoms with Crippen LogP contribution in [0.25, 0.3) is 0 Å². The van der Waals surface area contributed by atoms with Crippen LogP contribution >= 0.6 is 0 Å². The van der Waals surface area contributed by atoms with Crippen LogP contribution in [0, 0.1) is 6.92 Å². The third-order valence-electron chi connectivity index (χ3n) is 3.06. The van der Waals surface area contributed by atoms with Gasteiger partial charge in [-0.2, -0.15) is 0 Å². The van der Waals surface area contributed by atoms with Crippen LogP contribution in [-0.2, 0) is 0 Å². The second-order valence-corrected chi connectivity index (χ2v) is 5.22. The largest absolute Gasteiger partial charge is 0.0654 e. The molecule has 0 saturated heterocycles. The fourth-order valence-corrected chi connectivity index (χ4v) is 1.77. The van der Waals surface area contributed by atoms with Crippen LogP contribution in [0.2, 0.25) is 0 Å². The summed E-state index contributed by atoms with van der Waals surface area (Å²) in [6.45, 7) is 6.60. The van der Waals surface area contributed by atoms with Gasteiger partial charge in [0.1, 0.15) is 0 Å². The average Bonchev–Trinajstić information content (AvgIpc) is 2.55. The molecule has 0 radical (unpaired) electrons. The molecule has 0 heteroatoms. The zero-order valence-corrected chi connectivity index (χ0v) is 14.1. The second-order valence-electron chi connectivity index (χ2n) is 5.22. The molecule has 2 aromatic rings. The highest BCUT2D eigenvalue weighted by atomic mass is 13.9. The highest BCUT2D eigenvalue weighted by Crippen LogP contribution is 2.03. The maximum Gasteiger partial charge on any atom is -0.0398 e. The van der Waals surface area contributed by atoms with Crippen molar-refractivity contribution in [1.82, 2.24) is 0 Å². The average molecular weight is 284 g/mol. The number of benzene rings is 2. The Kier molecular flexibility index (Phi) is 15.3. The number of unbranched alkanes of at least 4 members (excludes halogenated alkanes) is 5. The monoisotopic (exact) mass is 284 g/mol. The van der Waals surface area contributed by atoms with Gasteiger partial charge in [0.15, 0.2) is 0 Å². The number of rotatable bonds is 5. The van der Waals surface area contributed by atoms with Gasteiger partial charge in [-0.1, -0.05) is 125 Å². The minimum Gasteiger partial charge on any atom is -0.0654 e. The Labute approximate surface area is 132 Å². The van der Waals surface area contributed by atoms with E-state index in [2.05, 4.69) is 32.9 Å². The Balaban J connectivity index is 0.000000288. The lowest BCUT2D eigenvalue weighted by atomic mass is 10.1. The quantitative estimate of drug-likeness (QED) is 0.516. The van der Waals surface area contributed by atoms with E-state index >= 15 is 0 Å². The molecule has 0 spiro atoms. The molecule has 0 aromatic heterocycles. The summed E-state index contributed by atoms with van der Waals surface area (Å²) in [6.07, 6.45) is 8.49. The van der Waals surface area contributed by atoms with E-state index in [1.807, 2.05) is 54.6 Å². The van der Waals surface area contributed by atoms with E-state index in [1.54, 1.807) is 0 Å². The SMILES string of the molecule is CCCCCCCC.Cc1ccccc1.c1ccccc1. The molecule has 0 nitrogen and oxygen atoms in total. The van der Waals surface area contributed by atoms with Crippen LogP contribution in [0.15, 0.2) is 66.7 Å². The molecule has 21 heavy (non-hydrogen) atoms. The lowest BCUT2D eigenvalue weighted by Gasteiger charge is -1.93. The molecule has 0 aliphatic rings. The highest BCUT2D eigenvalue weighted by Gasteiger charge is 1.83. The molecule has 0 amide bonds. The third-order valence-corrected chi connectivity index (χ3v) is 3.06. The van der Waals surface area contributed by atoms with E-state index in [9.17, 15) is 0 Å². The molecule has 0 aliphatic carbocycles. The molecule has 0 aliphatic heterocycles. The lowest BCUT2D eigenvalue weighted by Crippen LogP contribution is -1.73. The van der Waals surface area contributed by atoms with E-state index in [-0.39, 0.29) is 0 Å². The fraction of sp³-hybridized carbons (Fsp3) is 0.429. The molecule has 116 valence electrons. The van der Waals surface area contributed by atoms with Gasteiger partial charge in [-0.05, 0) is 6.92 Å². The highest BCUT2D eigenvalue weighted by molar-refractivity contribution is 5.11. The van der Waals surface area contributed by atoms with Gasteiger partial charge in [0, 0.05) is 0 Å². The summed E-state index contributed by atoms with van der Waals surface area (Å²) in [6, 6.07) is 22.3.